The molecule has 10 heteroatoms. The molecule has 0 N–H and O–H groups in total. The molecule has 2 aromatic rings. The minimum absolute atomic E-state index is 0.0587. The van der Waals surface area contributed by atoms with Gasteiger partial charge in [0.1, 0.15) is 6.04 Å². The van der Waals surface area contributed by atoms with Crippen LogP contribution in [-0.4, -0.2) is 48.9 Å². The quantitative estimate of drug-likeness (QED) is 0.270. The highest BCUT2D eigenvalue weighted by Crippen LogP contribution is 2.33. The van der Waals surface area contributed by atoms with E-state index < -0.39 is 29.8 Å². The summed E-state index contributed by atoms with van der Waals surface area (Å²) in [5, 5.41) is 0.240. The maximum Gasteiger partial charge on any atom is 0.334 e. The van der Waals surface area contributed by atoms with Crippen LogP contribution in [0.3, 0.4) is 0 Å². The van der Waals surface area contributed by atoms with Gasteiger partial charge in [-0.1, -0.05) is 29.3 Å². The summed E-state index contributed by atoms with van der Waals surface area (Å²) in [5.41, 5.74) is 0.709. The largest absolute Gasteiger partial charge is 0.493 e. The number of hydrogen-bond donors (Lipinski definition) is 0. The van der Waals surface area contributed by atoms with E-state index in [1.807, 2.05) is 0 Å². The first-order valence-corrected chi connectivity index (χ1v) is 9.96. The van der Waals surface area contributed by atoms with Crippen molar-refractivity contribution in [1.29, 1.82) is 0 Å². The van der Waals surface area contributed by atoms with Gasteiger partial charge in [0.05, 0.1) is 35.4 Å². The number of carbonyl (C=O) groups excluding carboxylic acids is 4. The predicted molar refractivity (Wildman–Crippen MR) is 116 cm³/mol. The Kier molecular flexibility index (Phi) is 6.86. The van der Waals surface area contributed by atoms with Crippen LogP contribution in [0.4, 0.5) is 0 Å². The smallest absolute Gasteiger partial charge is 0.334 e. The van der Waals surface area contributed by atoms with E-state index in [0.29, 0.717) is 5.56 Å². The molecule has 1 heterocycles. The van der Waals surface area contributed by atoms with Crippen molar-refractivity contribution in [3.05, 3.63) is 63.1 Å². The van der Waals surface area contributed by atoms with E-state index in [0.717, 1.165) is 4.90 Å². The fourth-order valence-electron chi connectivity index (χ4n) is 3.01. The lowest BCUT2D eigenvalue weighted by Gasteiger charge is -2.21. The standard InChI is InChI=1S/C22H17Cl2NO7/c1-11(25-20(27)13-9-15(23)16(24)10-14(13)21(25)28)22(29)32-17-6-4-12(8-18(17)30-2)5-7-19(26)31-3/h4-11H,1-3H3/b7-5+. The molecule has 0 saturated carbocycles. The first kappa shape index (κ1) is 23.3. The van der Waals surface area contributed by atoms with Crippen LogP contribution in [0.15, 0.2) is 36.4 Å². The van der Waals surface area contributed by atoms with E-state index in [4.69, 9.17) is 32.7 Å². The van der Waals surface area contributed by atoms with Crippen LogP contribution >= 0.6 is 23.2 Å². The zero-order valence-corrected chi connectivity index (χ0v) is 18.7. The summed E-state index contributed by atoms with van der Waals surface area (Å²) in [6.45, 7) is 1.37. The molecular formula is C22H17Cl2NO7. The van der Waals surface area contributed by atoms with E-state index in [9.17, 15) is 19.2 Å². The second-order valence-corrected chi connectivity index (χ2v) is 7.47. The third-order valence-corrected chi connectivity index (χ3v) is 5.42. The van der Waals surface area contributed by atoms with E-state index in [1.54, 1.807) is 12.1 Å². The number of rotatable bonds is 6. The van der Waals surface area contributed by atoms with Gasteiger partial charge >= 0.3 is 11.9 Å². The van der Waals surface area contributed by atoms with E-state index >= 15 is 0 Å². The average Bonchev–Trinajstić information content (AvgIpc) is 3.01. The zero-order chi connectivity index (χ0) is 23.6. The summed E-state index contributed by atoms with van der Waals surface area (Å²) in [4.78, 5) is 50.2. The topological polar surface area (TPSA) is 99.2 Å². The summed E-state index contributed by atoms with van der Waals surface area (Å²) < 4.78 is 15.2. The number of esters is 2. The third kappa shape index (κ3) is 4.46. The number of halogens is 2. The highest BCUT2D eigenvalue weighted by molar-refractivity contribution is 6.43. The third-order valence-electron chi connectivity index (χ3n) is 4.70. The lowest BCUT2D eigenvalue weighted by molar-refractivity contribution is -0.138. The number of imide groups is 1. The number of ether oxygens (including phenoxy) is 3. The lowest BCUT2D eigenvalue weighted by atomic mass is 10.1. The Morgan fingerprint density at radius 2 is 1.56 bits per heavy atom. The van der Waals surface area contributed by atoms with Gasteiger partial charge in [-0.05, 0) is 42.8 Å². The molecule has 8 nitrogen and oxygen atoms in total. The molecule has 1 aliphatic rings. The van der Waals surface area contributed by atoms with Crippen LogP contribution in [0.1, 0.15) is 33.2 Å². The average molecular weight is 478 g/mol. The highest BCUT2D eigenvalue weighted by Gasteiger charge is 2.42. The summed E-state index contributed by atoms with van der Waals surface area (Å²) in [6, 6.07) is 5.94. The predicted octanol–water partition coefficient (Wildman–Crippen LogP) is 3.78. The molecule has 0 fully saturated rings. The van der Waals surface area contributed by atoms with Crippen LogP contribution in [0, 0.1) is 0 Å². The van der Waals surface area contributed by atoms with Crippen LogP contribution in [0.2, 0.25) is 10.0 Å². The Hall–Kier alpha value is -3.36. The highest BCUT2D eigenvalue weighted by atomic mass is 35.5. The van der Waals surface area contributed by atoms with Crippen molar-refractivity contribution in [2.45, 2.75) is 13.0 Å². The zero-order valence-electron chi connectivity index (χ0n) is 17.2. The number of methoxy groups -OCH3 is 2. The number of amides is 2. The number of hydrogen-bond acceptors (Lipinski definition) is 7. The van der Waals surface area contributed by atoms with Crippen LogP contribution in [-0.2, 0) is 14.3 Å². The fraction of sp³-hybridized carbons (Fsp3) is 0.182. The van der Waals surface area contributed by atoms with E-state index in [2.05, 4.69) is 4.74 Å². The van der Waals surface area contributed by atoms with Crippen LogP contribution in [0.25, 0.3) is 6.08 Å². The fourth-order valence-corrected chi connectivity index (χ4v) is 3.34. The molecule has 32 heavy (non-hydrogen) atoms. The van der Waals surface area contributed by atoms with Gasteiger partial charge in [0.25, 0.3) is 11.8 Å². The van der Waals surface area contributed by atoms with Crippen molar-refractivity contribution < 1.29 is 33.4 Å². The summed E-state index contributed by atoms with van der Waals surface area (Å²) in [5.74, 6) is -2.46. The molecule has 1 unspecified atom stereocenters. The first-order valence-electron chi connectivity index (χ1n) is 9.20. The van der Waals surface area contributed by atoms with Gasteiger partial charge in [-0.15, -0.1) is 0 Å². The van der Waals surface area contributed by atoms with Crippen molar-refractivity contribution >= 4 is 53.0 Å². The molecule has 0 spiro atoms. The van der Waals surface area contributed by atoms with Crippen molar-refractivity contribution in [3.8, 4) is 11.5 Å². The van der Waals surface area contributed by atoms with Gasteiger partial charge in [-0.25, -0.2) is 9.59 Å². The molecule has 0 radical (unpaired) electrons. The summed E-state index contributed by atoms with van der Waals surface area (Å²) in [7, 11) is 2.63. The summed E-state index contributed by atoms with van der Waals surface area (Å²) in [6.07, 6.45) is 2.72. The number of benzene rings is 2. The molecule has 0 aliphatic carbocycles. The minimum Gasteiger partial charge on any atom is -0.493 e. The molecule has 0 aromatic heterocycles. The van der Waals surface area contributed by atoms with Gasteiger partial charge in [0.15, 0.2) is 11.5 Å². The summed E-state index contributed by atoms with van der Waals surface area (Å²) >= 11 is 11.9. The van der Waals surface area contributed by atoms with Gasteiger partial charge in [-0.3, -0.25) is 14.5 Å². The Labute approximate surface area is 193 Å². The van der Waals surface area contributed by atoms with Gasteiger partial charge in [0, 0.05) is 6.08 Å². The minimum atomic E-state index is -1.23. The molecule has 2 aromatic carbocycles. The SMILES string of the molecule is COC(=O)/C=C/c1ccc(OC(=O)C(C)N2C(=O)c3cc(Cl)c(Cl)cc3C2=O)c(OC)c1. The van der Waals surface area contributed by atoms with Crippen LogP contribution in [0.5, 0.6) is 11.5 Å². The lowest BCUT2D eigenvalue weighted by Crippen LogP contribution is -2.44. The molecule has 1 aliphatic heterocycles. The molecular weight excluding hydrogens is 461 g/mol. The Morgan fingerprint density at radius 1 is 0.969 bits per heavy atom. The molecule has 3 rings (SSSR count). The monoisotopic (exact) mass is 477 g/mol. The first-order chi connectivity index (χ1) is 15.2. The van der Waals surface area contributed by atoms with Crippen molar-refractivity contribution in [2.24, 2.45) is 0 Å². The maximum atomic E-state index is 12.7. The van der Waals surface area contributed by atoms with E-state index in [-0.39, 0.29) is 32.7 Å². The van der Waals surface area contributed by atoms with Crippen LogP contribution < -0.4 is 9.47 Å². The molecule has 0 bridgehead atoms. The van der Waals surface area contributed by atoms with E-state index in [1.165, 1.54) is 51.5 Å². The normalized spacial score (nSPS) is 13.8. The second kappa shape index (κ2) is 9.42. The van der Waals surface area contributed by atoms with Crippen molar-refractivity contribution in [3.63, 3.8) is 0 Å². The molecule has 166 valence electrons. The van der Waals surface area contributed by atoms with Crippen molar-refractivity contribution in [2.75, 3.05) is 14.2 Å². The molecule has 1 atom stereocenters. The molecule has 0 saturated heterocycles. The maximum absolute atomic E-state index is 12.7. The number of carbonyl (C=O) groups is 4. The van der Waals surface area contributed by atoms with Gasteiger partial charge < -0.3 is 14.2 Å². The van der Waals surface area contributed by atoms with Gasteiger partial charge in [-0.2, -0.15) is 0 Å². The van der Waals surface area contributed by atoms with Crippen molar-refractivity contribution in [1.82, 2.24) is 4.90 Å². The number of nitrogens with zero attached hydrogens (tertiary/aromatic N) is 1. The van der Waals surface area contributed by atoms with Gasteiger partial charge in [0.2, 0.25) is 0 Å². The Balaban J connectivity index is 1.80. The Bertz CT molecular complexity index is 1120. The second-order valence-electron chi connectivity index (χ2n) is 6.66. The molecule has 2 amide bonds. The Morgan fingerprint density at radius 3 is 2.09 bits per heavy atom. The number of fused-ring (bicyclic) bond motifs is 1.